The van der Waals surface area contributed by atoms with Gasteiger partial charge in [-0.15, -0.1) is 0 Å². The van der Waals surface area contributed by atoms with Crippen LogP contribution in [0, 0.1) is 17.8 Å². The number of rotatable bonds is 6. The normalized spacial score (nSPS) is 36.0. The lowest BCUT2D eigenvalue weighted by Crippen LogP contribution is -2.12. The van der Waals surface area contributed by atoms with E-state index in [9.17, 15) is 5.11 Å². The number of aliphatic hydroxyl groups excluding tert-OH is 1. The van der Waals surface area contributed by atoms with E-state index in [2.05, 4.69) is 6.92 Å². The fourth-order valence-corrected chi connectivity index (χ4v) is 3.82. The predicted octanol–water partition coefficient (Wildman–Crippen LogP) is 3.75. The summed E-state index contributed by atoms with van der Waals surface area (Å²) < 4.78 is 0. The Morgan fingerprint density at radius 3 is 2.67 bits per heavy atom. The summed E-state index contributed by atoms with van der Waals surface area (Å²) in [4.78, 5) is 0. The van der Waals surface area contributed by atoms with Gasteiger partial charge in [0.15, 0.2) is 0 Å². The third kappa shape index (κ3) is 2.96. The fourth-order valence-electron chi connectivity index (χ4n) is 3.82. The van der Waals surface area contributed by atoms with Crippen LogP contribution in [0.5, 0.6) is 0 Å². The average Bonchev–Trinajstić information content (AvgIpc) is 2.79. The van der Waals surface area contributed by atoms with Gasteiger partial charge in [-0.05, 0) is 49.9 Å². The van der Waals surface area contributed by atoms with Gasteiger partial charge in [0, 0.05) is 0 Å². The second kappa shape index (κ2) is 5.34. The van der Waals surface area contributed by atoms with Crippen LogP contribution in [-0.4, -0.2) is 11.2 Å². The van der Waals surface area contributed by atoms with Crippen molar-refractivity contribution in [3.63, 3.8) is 0 Å². The van der Waals surface area contributed by atoms with Crippen molar-refractivity contribution >= 4 is 0 Å². The largest absolute Gasteiger partial charge is 0.393 e. The topological polar surface area (TPSA) is 20.2 Å². The van der Waals surface area contributed by atoms with Crippen molar-refractivity contribution in [3.8, 4) is 0 Å². The van der Waals surface area contributed by atoms with E-state index in [0.29, 0.717) is 0 Å². The molecule has 2 aliphatic rings. The van der Waals surface area contributed by atoms with Crippen LogP contribution in [-0.2, 0) is 0 Å². The van der Waals surface area contributed by atoms with Crippen LogP contribution >= 0.6 is 0 Å². The van der Waals surface area contributed by atoms with Gasteiger partial charge in [-0.25, -0.2) is 0 Å². The van der Waals surface area contributed by atoms with Crippen LogP contribution in [0.1, 0.15) is 64.7 Å². The monoisotopic (exact) mass is 210 g/mol. The number of hydrogen-bond donors (Lipinski definition) is 1. The third-order valence-corrected chi connectivity index (χ3v) is 4.62. The van der Waals surface area contributed by atoms with Crippen molar-refractivity contribution in [2.45, 2.75) is 70.8 Å². The Morgan fingerprint density at radius 2 is 2.07 bits per heavy atom. The molecule has 2 rings (SSSR count). The predicted molar refractivity (Wildman–Crippen MR) is 63.7 cm³/mol. The van der Waals surface area contributed by atoms with E-state index >= 15 is 0 Å². The van der Waals surface area contributed by atoms with Crippen LogP contribution in [0.15, 0.2) is 0 Å². The highest BCUT2D eigenvalue weighted by atomic mass is 16.3. The molecule has 0 aromatic heterocycles. The molecular weight excluding hydrogens is 184 g/mol. The quantitative estimate of drug-likeness (QED) is 0.708. The van der Waals surface area contributed by atoms with Gasteiger partial charge in [-0.3, -0.25) is 0 Å². The maximum atomic E-state index is 9.65. The zero-order valence-electron chi connectivity index (χ0n) is 10.1. The molecule has 4 unspecified atom stereocenters. The Bertz CT molecular complexity index is 190. The van der Waals surface area contributed by atoms with Crippen molar-refractivity contribution < 1.29 is 5.11 Å². The lowest BCUT2D eigenvalue weighted by molar-refractivity contribution is 0.145. The lowest BCUT2D eigenvalue weighted by atomic mass is 9.85. The van der Waals surface area contributed by atoms with Crippen molar-refractivity contribution in [2.75, 3.05) is 0 Å². The maximum Gasteiger partial charge on any atom is 0.0540 e. The molecule has 0 heterocycles. The Balaban J connectivity index is 1.58. The average molecular weight is 210 g/mol. The van der Waals surface area contributed by atoms with Gasteiger partial charge in [-0.1, -0.05) is 32.6 Å². The molecule has 2 fully saturated rings. The van der Waals surface area contributed by atoms with Gasteiger partial charge in [0.1, 0.15) is 0 Å². The summed E-state index contributed by atoms with van der Waals surface area (Å²) in [5.74, 6) is 3.18. The first-order valence-corrected chi connectivity index (χ1v) is 6.97. The molecule has 0 aromatic rings. The molecule has 4 atom stereocenters. The summed E-state index contributed by atoms with van der Waals surface area (Å²) in [6, 6.07) is 0. The minimum absolute atomic E-state index is 0.0198. The molecule has 0 spiro atoms. The smallest absolute Gasteiger partial charge is 0.0540 e. The number of aliphatic hydroxyl groups is 1. The van der Waals surface area contributed by atoms with E-state index in [4.69, 9.17) is 0 Å². The summed E-state index contributed by atoms with van der Waals surface area (Å²) in [6.07, 6.45) is 11.8. The molecular formula is C14H26O. The molecule has 0 amide bonds. The molecule has 0 aromatic carbocycles. The van der Waals surface area contributed by atoms with Gasteiger partial charge >= 0.3 is 0 Å². The molecule has 88 valence electrons. The summed E-state index contributed by atoms with van der Waals surface area (Å²) in [5, 5.41) is 9.65. The number of fused-ring (bicyclic) bond motifs is 2. The summed E-state index contributed by atoms with van der Waals surface area (Å²) >= 11 is 0. The van der Waals surface area contributed by atoms with E-state index in [1.54, 1.807) is 0 Å². The molecule has 15 heavy (non-hydrogen) atoms. The highest BCUT2D eigenvalue weighted by molar-refractivity contribution is 4.89. The highest BCUT2D eigenvalue weighted by Gasteiger charge is 2.38. The molecule has 2 aliphatic carbocycles. The fraction of sp³-hybridized carbons (Fsp3) is 1.00. The molecule has 0 radical (unpaired) electrons. The van der Waals surface area contributed by atoms with E-state index in [0.717, 1.165) is 37.0 Å². The Morgan fingerprint density at radius 1 is 1.20 bits per heavy atom. The lowest BCUT2D eigenvalue weighted by Gasteiger charge is -2.21. The zero-order valence-corrected chi connectivity index (χ0v) is 10.1. The molecule has 0 saturated heterocycles. The second-order valence-corrected chi connectivity index (χ2v) is 5.81. The van der Waals surface area contributed by atoms with Crippen molar-refractivity contribution in [1.29, 1.82) is 0 Å². The molecule has 1 N–H and O–H groups in total. The Kier molecular flexibility index (Phi) is 4.07. The van der Waals surface area contributed by atoms with Crippen LogP contribution in [0.25, 0.3) is 0 Å². The summed E-state index contributed by atoms with van der Waals surface area (Å²) in [5.41, 5.74) is 0. The van der Waals surface area contributed by atoms with Gasteiger partial charge in [0.25, 0.3) is 0 Å². The molecule has 2 saturated carbocycles. The minimum atomic E-state index is -0.0198. The van der Waals surface area contributed by atoms with Crippen molar-refractivity contribution in [3.05, 3.63) is 0 Å². The maximum absolute atomic E-state index is 9.65. The summed E-state index contributed by atoms with van der Waals surface area (Å²) in [6.45, 7) is 2.15. The molecule has 2 bridgehead atoms. The first kappa shape index (κ1) is 11.4. The van der Waals surface area contributed by atoms with E-state index in [-0.39, 0.29) is 6.10 Å². The molecule has 0 aliphatic heterocycles. The second-order valence-electron chi connectivity index (χ2n) is 5.81. The van der Waals surface area contributed by atoms with Crippen LogP contribution < -0.4 is 0 Å². The minimum Gasteiger partial charge on any atom is -0.393 e. The molecule has 1 nitrogen and oxygen atoms in total. The van der Waals surface area contributed by atoms with Gasteiger partial charge in [0.05, 0.1) is 6.10 Å². The zero-order chi connectivity index (χ0) is 10.7. The van der Waals surface area contributed by atoms with Crippen LogP contribution in [0.4, 0.5) is 0 Å². The van der Waals surface area contributed by atoms with Crippen molar-refractivity contribution in [1.82, 2.24) is 0 Å². The standard InChI is InChI=1S/C14H26O/c1-2-4-14(15)6-3-5-12-9-11-7-8-13(12)10-11/h11-15H,2-10H2,1H3. The molecule has 1 heteroatoms. The SMILES string of the molecule is CCCC(O)CCCC1CC2CCC1C2. The first-order chi connectivity index (χ1) is 7.29. The van der Waals surface area contributed by atoms with Gasteiger partial charge in [-0.2, -0.15) is 0 Å². The van der Waals surface area contributed by atoms with E-state index in [1.807, 2.05) is 0 Å². The third-order valence-electron chi connectivity index (χ3n) is 4.62. The first-order valence-electron chi connectivity index (χ1n) is 6.97. The Labute approximate surface area is 94.3 Å². The van der Waals surface area contributed by atoms with Crippen LogP contribution in [0.2, 0.25) is 0 Å². The highest BCUT2D eigenvalue weighted by Crippen LogP contribution is 2.49. The van der Waals surface area contributed by atoms with Gasteiger partial charge < -0.3 is 5.11 Å². The van der Waals surface area contributed by atoms with Crippen LogP contribution in [0.3, 0.4) is 0 Å². The van der Waals surface area contributed by atoms with Gasteiger partial charge in [0.2, 0.25) is 0 Å². The van der Waals surface area contributed by atoms with E-state index < -0.39 is 0 Å². The van der Waals surface area contributed by atoms with E-state index in [1.165, 1.54) is 38.5 Å². The Hall–Kier alpha value is -0.0400. The van der Waals surface area contributed by atoms with Crippen molar-refractivity contribution in [2.24, 2.45) is 17.8 Å². The summed E-state index contributed by atoms with van der Waals surface area (Å²) in [7, 11) is 0. The number of hydrogen-bond acceptors (Lipinski definition) is 1.